The van der Waals surface area contributed by atoms with Gasteiger partial charge in [-0.25, -0.2) is 0 Å². The van der Waals surface area contributed by atoms with Crippen LogP contribution in [-0.4, -0.2) is 37.5 Å². The van der Waals surface area contributed by atoms with Gasteiger partial charge < -0.3 is 10.1 Å². The summed E-state index contributed by atoms with van der Waals surface area (Å²) in [6.45, 7) is 15.0. The number of ether oxygens (including phenoxy) is 1. The Balaban J connectivity index is 3.29. The third-order valence-corrected chi connectivity index (χ3v) is 4.17. The highest BCUT2D eigenvalue weighted by Gasteiger charge is 2.24. The standard InChI is InChI=1S/C20H31N3O2/c1-7-14(4)12-16(13-21-6)15(5)19(17(24)8-2)25-18(9-3)20-22-10-11-23-20/h12-13,18H,6-11H2,1-5H3,(H,22,23)/b14-12?,16-13+,19-15-. The topological polar surface area (TPSA) is 63.1 Å². The van der Waals surface area contributed by atoms with Gasteiger partial charge in [0.1, 0.15) is 5.84 Å². The number of Topliss-reactive ketones (excluding diaryl/α,β-unsaturated/α-hetero) is 1. The summed E-state index contributed by atoms with van der Waals surface area (Å²) in [6, 6.07) is 0. The van der Waals surface area contributed by atoms with Crippen LogP contribution in [0.25, 0.3) is 0 Å². The van der Waals surface area contributed by atoms with Crippen LogP contribution in [0, 0.1) is 0 Å². The van der Waals surface area contributed by atoms with Crippen molar-refractivity contribution >= 4 is 18.3 Å². The largest absolute Gasteiger partial charge is 0.479 e. The molecule has 0 amide bonds. The molecule has 1 unspecified atom stereocenters. The van der Waals surface area contributed by atoms with Crippen LogP contribution in [0.2, 0.25) is 0 Å². The number of aliphatic imine (C=N–C) groups is 2. The van der Waals surface area contributed by atoms with E-state index in [1.54, 1.807) is 6.20 Å². The second-order valence-corrected chi connectivity index (χ2v) is 6.05. The van der Waals surface area contributed by atoms with Crippen LogP contribution >= 0.6 is 0 Å². The lowest BCUT2D eigenvalue weighted by Gasteiger charge is -2.21. The molecule has 0 fully saturated rings. The molecule has 1 aliphatic rings. The van der Waals surface area contributed by atoms with Crippen LogP contribution in [0.1, 0.15) is 53.9 Å². The first-order valence-electron chi connectivity index (χ1n) is 9.00. The lowest BCUT2D eigenvalue weighted by atomic mass is 10.0. The molecule has 5 heteroatoms. The van der Waals surface area contributed by atoms with Crippen molar-refractivity contribution in [3.63, 3.8) is 0 Å². The summed E-state index contributed by atoms with van der Waals surface area (Å²) < 4.78 is 6.15. The maximum atomic E-state index is 12.5. The van der Waals surface area contributed by atoms with Gasteiger partial charge in [0.15, 0.2) is 17.6 Å². The predicted molar refractivity (Wildman–Crippen MR) is 105 cm³/mol. The Morgan fingerprint density at radius 2 is 2.08 bits per heavy atom. The van der Waals surface area contributed by atoms with Crippen molar-refractivity contribution in [2.75, 3.05) is 13.1 Å². The molecule has 0 radical (unpaired) electrons. The van der Waals surface area contributed by atoms with Crippen molar-refractivity contribution in [2.45, 2.75) is 60.0 Å². The Labute approximate surface area is 151 Å². The van der Waals surface area contributed by atoms with Gasteiger partial charge in [0.25, 0.3) is 0 Å². The highest BCUT2D eigenvalue weighted by Crippen LogP contribution is 2.23. The van der Waals surface area contributed by atoms with E-state index in [0.29, 0.717) is 12.2 Å². The van der Waals surface area contributed by atoms with E-state index in [1.165, 1.54) is 5.57 Å². The van der Waals surface area contributed by atoms with Gasteiger partial charge in [-0.15, -0.1) is 0 Å². The molecular weight excluding hydrogens is 314 g/mol. The van der Waals surface area contributed by atoms with E-state index in [0.717, 1.165) is 42.9 Å². The molecule has 1 aliphatic heterocycles. The van der Waals surface area contributed by atoms with Crippen molar-refractivity contribution in [3.05, 3.63) is 34.8 Å². The lowest BCUT2D eigenvalue weighted by Crippen LogP contribution is -2.34. The van der Waals surface area contributed by atoms with E-state index in [9.17, 15) is 4.79 Å². The van der Waals surface area contributed by atoms with Crippen LogP contribution in [0.15, 0.2) is 44.7 Å². The van der Waals surface area contributed by atoms with Crippen LogP contribution in [0.3, 0.4) is 0 Å². The number of carbonyl (C=O) groups is 1. The third-order valence-electron chi connectivity index (χ3n) is 4.17. The fourth-order valence-corrected chi connectivity index (χ4v) is 2.47. The predicted octanol–water partition coefficient (Wildman–Crippen LogP) is 3.98. The van der Waals surface area contributed by atoms with Crippen molar-refractivity contribution in [2.24, 2.45) is 9.98 Å². The van der Waals surface area contributed by atoms with E-state index < -0.39 is 0 Å². The fraction of sp³-hybridized carbons (Fsp3) is 0.550. The molecule has 1 heterocycles. The highest BCUT2D eigenvalue weighted by atomic mass is 16.5. The van der Waals surface area contributed by atoms with Gasteiger partial charge in [0, 0.05) is 24.7 Å². The Hall–Kier alpha value is -2.17. The maximum Gasteiger partial charge on any atom is 0.197 e. The van der Waals surface area contributed by atoms with E-state index in [2.05, 4.69) is 35.9 Å². The number of carbonyl (C=O) groups excluding carboxylic acids is 1. The molecule has 0 bridgehead atoms. The Morgan fingerprint density at radius 1 is 1.36 bits per heavy atom. The number of ketones is 1. The van der Waals surface area contributed by atoms with Crippen molar-refractivity contribution in [1.29, 1.82) is 0 Å². The van der Waals surface area contributed by atoms with Crippen molar-refractivity contribution in [3.8, 4) is 0 Å². The van der Waals surface area contributed by atoms with Gasteiger partial charge in [0.2, 0.25) is 0 Å². The first-order valence-corrected chi connectivity index (χ1v) is 9.00. The minimum atomic E-state index is -0.239. The van der Waals surface area contributed by atoms with E-state index in [-0.39, 0.29) is 11.9 Å². The van der Waals surface area contributed by atoms with Crippen LogP contribution in [-0.2, 0) is 9.53 Å². The first-order chi connectivity index (χ1) is 12.0. The Kier molecular flexibility index (Phi) is 8.89. The minimum absolute atomic E-state index is 0.0212. The normalized spacial score (nSPS) is 17.4. The molecule has 0 saturated heterocycles. The summed E-state index contributed by atoms with van der Waals surface area (Å²) in [4.78, 5) is 20.9. The molecule has 0 aromatic heterocycles. The zero-order valence-corrected chi connectivity index (χ0v) is 16.2. The minimum Gasteiger partial charge on any atom is -0.479 e. The molecular formula is C20H31N3O2. The number of hydrogen-bond donors (Lipinski definition) is 1. The third kappa shape index (κ3) is 6.00. The maximum absolute atomic E-state index is 12.5. The van der Waals surface area contributed by atoms with Gasteiger partial charge in [0.05, 0.1) is 6.54 Å². The number of rotatable bonds is 10. The molecule has 1 N–H and O–H groups in total. The summed E-state index contributed by atoms with van der Waals surface area (Å²) in [5.41, 5.74) is 2.83. The van der Waals surface area contributed by atoms with E-state index in [1.807, 2.05) is 26.8 Å². The SMILES string of the molecule is C=N/C=C(C=C(C)CC)/C(C)=C(\OC(CC)C1=NCCN1)C(=O)CC. The van der Waals surface area contributed by atoms with E-state index >= 15 is 0 Å². The van der Waals surface area contributed by atoms with E-state index in [4.69, 9.17) is 4.74 Å². The van der Waals surface area contributed by atoms with Gasteiger partial charge >= 0.3 is 0 Å². The smallest absolute Gasteiger partial charge is 0.197 e. The molecule has 0 aromatic carbocycles. The average Bonchev–Trinajstić information content (AvgIpc) is 3.15. The summed E-state index contributed by atoms with van der Waals surface area (Å²) in [6.07, 6.45) is 5.52. The number of allylic oxidation sites excluding steroid dienone is 5. The zero-order valence-electron chi connectivity index (χ0n) is 16.2. The summed E-state index contributed by atoms with van der Waals surface area (Å²) in [5.74, 6) is 1.19. The molecule has 0 spiro atoms. The summed E-state index contributed by atoms with van der Waals surface area (Å²) in [7, 11) is 0. The quantitative estimate of drug-likeness (QED) is 0.282. The van der Waals surface area contributed by atoms with Crippen molar-refractivity contribution < 1.29 is 9.53 Å². The van der Waals surface area contributed by atoms with Gasteiger partial charge in [-0.2, -0.15) is 0 Å². The Bertz CT molecular complexity index is 612. The summed E-state index contributed by atoms with van der Waals surface area (Å²) in [5, 5.41) is 3.24. The van der Waals surface area contributed by atoms with Crippen LogP contribution in [0.5, 0.6) is 0 Å². The van der Waals surface area contributed by atoms with Crippen LogP contribution < -0.4 is 5.32 Å². The highest BCUT2D eigenvalue weighted by molar-refractivity contribution is 5.96. The van der Waals surface area contributed by atoms with Gasteiger partial charge in [-0.1, -0.05) is 32.4 Å². The average molecular weight is 345 g/mol. The number of nitrogens with one attached hydrogen (secondary N) is 1. The van der Waals surface area contributed by atoms with Crippen molar-refractivity contribution in [1.82, 2.24) is 5.32 Å². The molecule has 5 nitrogen and oxygen atoms in total. The molecule has 1 rings (SSSR count). The van der Waals surface area contributed by atoms with Gasteiger partial charge in [-0.3, -0.25) is 14.8 Å². The molecule has 1 atom stereocenters. The lowest BCUT2D eigenvalue weighted by molar-refractivity contribution is -0.119. The van der Waals surface area contributed by atoms with Gasteiger partial charge in [-0.05, 0) is 39.0 Å². The zero-order chi connectivity index (χ0) is 18.8. The first kappa shape index (κ1) is 20.9. The molecule has 0 saturated carbocycles. The molecule has 138 valence electrons. The molecule has 0 aromatic rings. The summed E-state index contributed by atoms with van der Waals surface area (Å²) >= 11 is 0. The number of amidine groups is 1. The fourth-order valence-electron chi connectivity index (χ4n) is 2.47. The van der Waals surface area contributed by atoms with Crippen LogP contribution in [0.4, 0.5) is 0 Å². The Morgan fingerprint density at radius 3 is 2.56 bits per heavy atom. The number of nitrogens with zero attached hydrogens (tertiary/aromatic N) is 2. The monoisotopic (exact) mass is 345 g/mol. The molecule has 0 aliphatic carbocycles. The molecule has 25 heavy (non-hydrogen) atoms. The second kappa shape index (κ2) is 10.6. The second-order valence-electron chi connectivity index (χ2n) is 6.05. The number of hydrogen-bond acceptors (Lipinski definition) is 5.